The highest BCUT2D eigenvalue weighted by Gasteiger charge is 2.31. The summed E-state index contributed by atoms with van der Waals surface area (Å²) in [6.07, 6.45) is 6.48. The molecule has 0 saturated heterocycles. The third kappa shape index (κ3) is 6.88. The number of aromatic nitrogens is 2. The van der Waals surface area contributed by atoms with Crippen molar-refractivity contribution in [2.24, 2.45) is 0 Å². The highest BCUT2D eigenvalue weighted by molar-refractivity contribution is 7.92. The molecule has 0 spiro atoms. The molecule has 0 bridgehead atoms. The Kier molecular flexibility index (Phi) is 7.52. The Morgan fingerprint density at radius 3 is 2.54 bits per heavy atom. The molecule has 4 aromatic rings. The summed E-state index contributed by atoms with van der Waals surface area (Å²) < 4.78 is 59.0. The van der Waals surface area contributed by atoms with Crippen LogP contribution in [0.25, 0.3) is 11.3 Å². The molecule has 39 heavy (non-hydrogen) atoms. The number of ether oxygens (including phenoxy) is 1. The molecular weight excluding hydrogens is 570 g/mol. The molecule has 0 unspecified atom stereocenters. The molecular formula is C26H21ClF2N4O4S2. The van der Waals surface area contributed by atoms with E-state index in [-0.39, 0.29) is 29.0 Å². The van der Waals surface area contributed by atoms with Gasteiger partial charge in [-0.05, 0) is 49.1 Å². The fourth-order valence-corrected chi connectivity index (χ4v) is 5.91. The Balaban J connectivity index is 1.44. The van der Waals surface area contributed by atoms with Crippen molar-refractivity contribution in [2.75, 3.05) is 16.3 Å². The van der Waals surface area contributed by atoms with Crippen molar-refractivity contribution in [1.82, 2.24) is 9.97 Å². The van der Waals surface area contributed by atoms with E-state index < -0.39 is 27.6 Å². The topological polar surface area (TPSA) is 110 Å². The van der Waals surface area contributed by atoms with Crippen LogP contribution < -0.4 is 14.8 Å². The number of carbonyl (C=O) groups excluding carboxylic acids is 1. The number of carbonyl (C=O) groups is 1. The van der Waals surface area contributed by atoms with Gasteiger partial charge < -0.3 is 10.1 Å². The minimum Gasteiger partial charge on any atom is -0.486 e. The molecule has 1 aliphatic carbocycles. The lowest BCUT2D eigenvalue weighted by Crippen LogP contribution is -2.12. The molecule has 5 rings (SSSR count). The lowest BCUT2D eigenvalue weighted by Gasteiger charge is -2.11. The van der Waals surface area contributed by atoms with Gasteiger partial charge in [0.25, 0.3) is 5.91 Å². The number of anilines is 2. The van der Waals surface area contributed by atoms with Crippen LogP contribution in [0, 0.1) is 11.6 Å². The molecule has 1 saturated carbocycles. The van der Waals surface area contributed by atoms with E-state index in [1.807, 2.05) is 0 Å². The van der Waals surface area contributed by atoms with Crippen molar-refractivity contribution in [3.63, 3.8) is 0 Å². The lowest BCUT2D eigenvalue weighted by molar-refractivity contribution is 0.103. The number of sulfonamides is 1. The van der Waals surface area contributed by atoms with Gasteiger partial charge in [-0.15, -0.1) is 11.3 Å². The first-order valence-electron chi connectivity index (χ1n) is 11.7. The molecule has 0 radical (unpaired) electrons. The average Bonchev–Trinajstić information content (AvgIpc) is 3.59. The molecule has 2 N–H and O–H groups in total. The average molecular weight is 591 g/mol. The van der Waals surface area contributed by atoms with Gasteiger partial charge in [0.2, 0.25) is 10.0 Å². The fourth-order valence-electron chi connectivity index (χ4n) is 3.91. The van der Waals surface area contributed by atoms with Crippen molar-refractivity contribution >= 4 is 50.2 Å². The first kappa shape index (κ1) is 27.0. The van der Waals surface area contributed by atoms with E-state index in [0.29, 0.717) is 27.4 Å². The Hall–Kier alpha value is -3.61. The molecule has 1 aromatic carbocycles. The number of nitrogens with one attached hydrogen (secondary N) is 2. The van der Waals surface area contributed by atoms with Gasteiger partial charge in [-0.3, -0.25) is 14.5 Å². The van der Waals surface area contributed by atoms with Gasteiger partial charge in [0.15, 0.2) is 0 Å². The molecule has 1 fully saturated rings. The van der Waals surface area contributed by atoms with Gasteiger partial charge >= 0.3 is 0 Å². The van der Waals surface area contributed by atoms with Crippen molar-refractivity contribution in [1.29, 1.82) is 0 Å². The molecule has 0 atom stereocenters. The number of nitrogens with zero attached hydrogens (tertiary/aromatic N) is 2. The van der Waals surface area contributed by atoms with Crippen LogP contribution in [0.3, 0.4) is 0 Å². The minimum absolute atomic E-state index is 0.0578. The zero-order chi connectivity index (χ0) is 27.7. The van der Waals surface area contributed by atoms with Gasteiger partial charge in [0, 0.05) is 39.0 Å². The van der Waals surface area contributed by atoms with Crippen molar-refractivity contribution in [2.45, 2.75) is 25.4 Å². The Bertz CT molecular complexity index is 1680. The number of hydrogen-bond acceptors (Lipinski definition) is 7. The van der Waals surface area contributed by atoms with Crippen LogP contribution in [0.5, 0.6) is 5.75 Å². The van der Waals surface area contributed by atoms with E-state index in [2.05, 4.69) is 20.0 Å². The van der Waals surface area contributed by atoms with Gasteiger partial charge in [-0.2, -0.15) is 0 Å². The van der Waals surface area contributed by atoms with E-state index in [9.17, 15) is 22.0 Å². The van der Waals surface area contributed by atoms with Crippen LogP contribution in [0.1, 0.15) is 38.9 Å². The number of hydrogen-bond donors (Lipinski definition) is 2. The Morgan fingerprint density at radius 1 is 1.08 bits per heavy atom. The van der Waals surface area contributed by atoms with Crippen LogP contribution in [0.4, 0.5) is 20.2 Å². The van der Waals surface area contributed by atoms with Crippen LogP contribution in [-0.2, 0) is 16.6 Å². The first-order chi connectivity index (χ1) is 18.5. The van der Waals surface area contributed by atoms with E-state index in [0.717, 1.165) is 36.4 Å². The lowest BCUT2D eigenvalue weighted by atomic mass is 10.1. The number of amides is 1. The second-order valence-electron chi connectivity index (χ2n) is 9.02. The highest BCUT2D eigenvalue weighted by Crippen LogP contribution is 2.49. The maximum atomic E-state index is 14.1. The Labute approximate surface area is 232 Å². The first-order valence-corrected chi connectivity index (χ1v) is 14.7. The largest absolute Gasteiger partial charge is 0.486 e. The molecule has 13 heteroatoms. The molecule has 202 valence electrons. The van der Waals surface area contributed by atoms with Gasteiger partial charge in [-0.1, -0.05) is 11.6 Å². The molecule has 1 aliphatic rings. The summed E-state index contributed by atoms with van der Waals surface area (Å²) in [5.41, 5.74) is 1.97. The maximum Gasteiger partial charge on any atom is 0.265 e. The molecule has 0 aliphatic heterocycles. The van der Waals surface area contributed by atoms with E-state index in [4.69, 9.17) is 16.3 Å². The quantitative estimate of drug-likeness (QED) is 0.240. The smallest absolute Gasteiger partial charge is 0.265 e. The predicted molar refractivity (Wildman–Crippen MR) is 146 cm³/mol. The second kappa shape index (κ2) is 10.9. The van der Waals surface area contributed by atoms with Gasteiger partial charge in [-0.25, -0.2) is 22.2 Å². The zero-order valence-corrected chi connectivity index (χ0v) is 22.8. The third-order valence-corrected chi connectivity index (χ3v) is 7.74. The van der Waals surface area contributed by atoms with Crippen LogP contribution in [-0.4, -0.2) is 30.5 Å². The van der Waals surface area contributed by atoms with E-state index in [1.54, 1.807) is 6.07 Å². The maximum absolute atomic E-state index is 14.1. The summed E-state index contributed by atoms with van der Waals surface area (Å²) in [7, 11) is -3.55. The van der Waals surface area contributed by atoms with Crippen molar-refractivity contribution in [3.05, 3.63) is 87.0 Å². The standard InChI is InChI=1S/C26H21ClF2N4O4S2/c1-39(35,36)33-20-6-16(27)5-19(8-20)32-26(34)23-9-21(25(38-23)15-2-3-15)24-22(7-18(29)12-31-24)37-13-14-4-17(28)11-30-10-14/h4-12,15,33H,2-3,13H2,1H3,(H,32,34). The van der Waals surface area contributed by atoms with Crippen molar-refractivity contribution in [3.8, 4) is 17.0 Å². The summed E-state index contributed by atoms with van der Waals surface area (Å²) >= 11 is 7.41. The summed E-state index contributed by atoms with van der Waals surface area (Å²) in [4.78, 5) is 22.6. The summed E-state index contributed by atoms with van der Waals surface area (Å²) in [6, 6.07) is 8.52. The minimum atomic E-state index is -3.55. The monoisotopic (exact) mass is 590 g/mol. The SMILES string of the molecule is CS(=O)(=O)Nc1cc(Cl)cc(NC(=O)c2cc(-c3ncc(F)cc3OCc3cncc(F)c3)c(C3CC3)s2)c1. The summed E-state index contributed by atoms with van der Waals surface area (Å²) in [6.45, 7) is -0.0578. The van der Waals surface area contributed by atoms with Crippen molar-refractivity contribution < 1.29 is 26.7 Å². The molecule has 8 nitrogen and oxygen atoms in total. The third-order valence-electron chi connectivity index (χ3n) is 5.62. The van der Waals surface area contributed by atoms with E-state index >= 15 is 0 Å². The second-order valence-corrected chi connectivity index (χ2v) is 12.3. The predicted octanol–water partition coefficient (Wildman–Crippen LogP) is 6.22. The normalized spacial score (nSPS) is 13.2. The van der Waals surface area contributed by atoms with Crippen LogP contribution in [0.2, 0.25) is 5.02 Å². The number of thiophene rings is 1. The number of benzene rings is 1. The Morgan fingerprint density at radius 2 is 1.82 bits per heavy atom. The fraction of sp³-hybridized carbons (Fsp3) is 0.192. The summed E-state index contributed by atoms with van der Waals surface area (Å²) in [5, 5.41) is 2.98. The summed E-state index contributed by atoms with van der Waals surface area (Å²) in [5.74, 6) is -1.17. The molecule has 1 amide bonds. The van der Waals surface area contributed by atoms with Crippen LogP contribution in [0.15, 0.2) is 55.0 Å². The van der Waals surface area contributed by atoms with Crippen LogP contribution >= 0.6 is 22.9 Å². The van der Waals surface area contributed by atoms with E-state index in [1.165, 1.54) is 47.9 Å². The van der Waals surface area contributed by atoms with Gasteiger partial charge in [0.05, 0.1) is 29.2 Å². The molecule has 3 aromatic heterocycles. The number of rotatable bonds is 9. The number of pyridine rings is 2. The number of halogens is 3. The highest BCUT2D eigenvalue weighted by atomic mass is 35.5. The molecule has 3 heterocycles. The van der Waals surface area contributed by atoms with Gasteiger partial charge in [0.1, 0.15) is 29.7 Å². The zero-order valence-electron chi connectivity index (χ0n) is 20.4.